The number of aromatic nitrogens is 2. The molecule has 0 unspecified atom stereocenters. The number of oxazole rings is 1. The highest BCUT2D eigenvalue weighted by molar-refractivity contribution is 6.00. The molecule has 116 valence electrons. The van der Waals surface area contributed by atoms with Gasteiger partial charge < -0.3 is 14.5 Å². The monoisotopic (exact) mass is 307 g/mol. The lowest BCUT2D eigenvalue weighted by Crippen LogP contribution is -2.36. The summed E-state index contributed by atoms with van der Waals surface area (Å²) < 4.78 is 5.71. The number of carbonyl (C=O) groups is 1. The van der Waals surface area contributed by atoms with E-state index in [2.05, 4.69) is 15.3 Å². The highest BCUT2D eigenvalue weighted by Gasteiger charge is 2.29. The number of carbonyl (C=O) groups excluding carboxylic acids is 1. The van der Waals surface area contributed by atoms with Crippen LogP contribution in [0.4, 0.5) is 5.69 Å². The van der Waals surface area contributed by atoms with Gasteiger partial charge in [-0.2, -0.15) is 0 Å². The molecule has 1 saturated carbocycles. The molecule has 0 atom stereocenters. The summed E-state index contributed by atoms with van der Waals surface area (Å²) in [6.07, 6.45) is 8.19. The molecule has 0 spiro atoms. The third kappa shape index (κ3) is 2.48. The van der Waals surface area contributed by atoms with Gasteiger partial charge in [0.05, 0.1) is 11.9 Å². The molecule has 5 nitrogen and oxygen atoms in total. The first-order valence-corrected chi connectivity index (χ1v) is 7.76. The Morgan fingerprint density at radius 2 is 2.13 bits per heavy atom. The molecule has 1 fully saturated rings. The maximum Gasteiger partial charge on any atom is 0.191 e. The van der Waals surface area contributed by atoms with Crippen LogP contribution in [0, 0.1) is 12.8 Å². The summed E-state index contributed by atoms with van der Waals surface area (Å²) in [6.45, 7) is 1.84. The van der Waals surface area contributed by atoms with E-state index in [1.807, 2.05) is 31.3 Å². The fourth-order valence-electron chi connectivity index (χ4n) is 3.11. The lowest BCUT2D eigenvalue weighted by molar-refractivity contribution is -0.113. The first-order valence-electron chi connectivity index (χ1n) is 7.76. The smallest absolute Gasteiger partial charge is 0.191 e. The molecule has 23 heavy (non-hydrogen) atoms. The topological polar surface area (TPSA) is 68.0 Å². The lowest BCUT2D eigenvalue weighted by atomic mass is 9.81. The molecule has 4 rings (SSSR count). The van der Waals surface area contributed by atoms with Crippen molar-refractivity contribution in [1.82, 2.24) is 9.97 Å². The Balaban J connectivity index is 1.79. The minimum absolute atomic E-state index is 0.181. The highest BCUT2D eigenvalue weighted by Crippen LogP contribution is 2.38. The van der Waals surface area contributed by atoms with Gasteiger partial charge in [-0.3, -0.25) is 4.98 Å². The van der Waals surface area contributed by atoms with E-state index < -0.39 is 0 Å². The van der Waals surface area contributed by atoms with Crippen molar-refractivity contribution in [2.24, 2.45) is 5.92 Å². The summed E-state index contributed by atoms with van der Waals surface area (Å²) in [4.78, 5) is 19.2. The predicted molar refractivity (Wildman–Crippen MR) is 88.2 cm³/mol. The largest absolute Gasteiger partial charge is 0.441 e. The third-order valence-electron chi connectivity index (χ3n) is 4.42. The van der Waals surface area contributed by atoms with Gasteiger partial charge in [-0.15, -0.1) is 0 Å². The van der Waals surface area contributed by atoms with E-state index in [9.17, 15) is 4.79 Å². The Morgan fingerprint density at radius 1 is 1.26 bits per heavy atom. The van der Waals surface area contributed by atoms with Crippen molar-refractivity contribution in [3.63, 3.8) is 0 Å². The molecule has 1 aliphatic rings. The van der Waals surface area contributed by atoms with E-state index >= 15 is 0 Å². The molecule has 0 aliphatic heterocycles. The van der Waals surface area contributed by atoms with Crippen LogP contribution in [0.3, 0.4) is 0 Å². The predicted octanol–water partition coefficient (Wildman–Crippen LogP) is 3.59. The zero-order valence-corrected chi connectivity index (χ0v) is 12.8. The van der Waals surface area contributed by atoms with Gasteiger partial charge in [-0.25, -0.2) is 4.98 Å². The lowest BCUT2D eigenvalue weighted by Gasteiger charge is -2.34. The number of fused-ring (bicyclic) bond motifs is 1. The van der Waals surface area contributed by atoms with Crippen LogP contribution in [0.2, 0.25) is 0 Å². The van der Waals surface area contributed by atoms with Gasteiger partial charge in [0.15, 0.2) is 11.7 Å². The van der Waals surface area contributed by atoms with Gasteiger partial charge in [-0.1, -0.05) is 6.07 Å². The molecule has 2 aromatic heterocycles. The minimum atomic E-state index is 0.181. The maximum absolute atomic E-state index is 10.8. The van der Waals surface area contributed by atoms with Crippen molar-refractivity contribution in [2.75, 3.05) is 5.32 Å². The Bertz CT molecular complexity index is 866. The number of rotatable bonds is 4. The van der Waals surface area contributed by atoms with Crippen LogP contribution in [0.25, 0.3) is 22.1 Å². The number of hydrogen-bond donors (Lipinski definition) is 1. The van der Waals surface area contributed by atoms with Crippen LogP contribution in [0.15, 0.2) is 41.2 Å². The number of pyridine rings is 1. The fourth-order valence-corrected chi connectivity index (χ4v) is 3.11. The molecule has 3 aromatic rings. The van der Waals surface area contributed by atoms with Gasteiger partial charge in [0.25, 0.3) is 0 Å². The molecule has 5 heteroatoms. The molecule has 1 aliphatic carbocycles. The summed E-state index contributed by atoms with van der Waals surface area (Å²) in [7, 11) is 0. The second kappa shape index (κ2) is 5.50. The Kier molecular flexibility index (Phi) is 3.33. The summed E-state index contributed by atoms with van der Waals surface area (Å²) in [5.41, 5.74) is 2.01. The van der Waals surface area contributed by atoms with E-state index in [1.54, 1.807) is 12.4 Å². The van der Waals surface area contributed by atoms with Crippen LogP contribution >= 0.6 is 0 Å². The van der Waals surface area contributed by atoms with Crippen molar-refractivity contribution in [1.29, 1.82) is 0 Å². The van der Waals surface area contributed by atoms with Gasteiger partial charge >= 0.3 is 0 Å². The first kappa shape index (κ1) is 13.9. The van der Waals surface area contributed by atoms with Crippen molar-refractivity contribution >= 4 is 22.7 Å². The van der Waals surface area contributed by atoms with Crippen LogP contribution in [-0.2, 0) is 4.79 Å². The highest BCUT2D eigenvalue weighted by atomic mass is 16.4. The SMILES string of the molecule is Cc1ncc(-c2ccc3cnccc3c2NC2CC(C=O)C2)o1. The van der Waals surface area contributed by atoms with E-state index in [0.717, 1.165) is 46.9 Å². The van der Waals surface area contributed by atoms with E-state index in [0.29, 0.717) is 11.9 Å². The van der Waals surface area contributed by atoms with Crippen molar-refractivity contribution in [2.45, 2.75) is 25.8 Å². The number of nitrogens with zero attached hydrogens (tertiary/aromatic N) is 2. The summed E-state index contributed by atoms with van der Waals surface area (Å²) in [5.74, 6) is 1.57. The van der Waals surface area contributed by atoms with Gasteiger partial charge in [0, 0.05) is 47.6 Å². The van der Waals surface area contributed by atoms with Gasteiger partial charge in [-0.05, 0) is 25.0 Å². The van der Waals surface area contributed by atoms with E-state index in [4.69, 9.17) is 4.42 Å². The molecule has 1 aromatic carbocycles. The average molecular weight is 307 g/mol. The summed E-state index contributed by atoms with van der Waals surface area (Å²) in [6, 6.07) is 6.38. The first-order chi connectivity index (χ1) is 11.2. The van der Waals surface area contributed by atoms with E-state index in [1.165, 1.54) is 0 Å². The Labute approximate surface area is 133 Å². The number of hydrogen-bond acceptors (Lipinski definition) is 5. The number of nitrogens with one attached hydrogen (secondary N) is 1. The Morgan fingerprint density at radius 3 is 2.87 bits per heavy atom. The molecular weight excluding hydrogens is 290 g/mol. The summed E-state index contributed by atoms with van der Waals surface area (Å²) >= 11 is 0. The normalized spacial score (nSPS) is 20.2. The average Bonchev–Trinajstić information content (AvgIpc) is 2.96. The quantitative estimate of drug-likeness (QED) is 0.746. The number of aldehydes is 1. The van der Waals surface area contributed by atoms with Crippen LogP contribution in [-0.4, -0.2) is 22.3 Å². The van der Waals surface area contributed by atoms with Crippen LogP contribution < -0.4 is 5.32 Å². The molecular formula is C18H17N3O2. The summed E-state index contributed by atoms with van der Waals surface area (Å²) in [5, 5.41) is 5.76. The standard InChI is InChI=1S/C18H17N3O2/c1-11-20-9-17(23-11)16-3-2-13-8-19-5-4-15(13)18(16)21-14-6-12(7-14)10-22/h2-5,8-10,12,14,21H,6-7H2,1H3. The number of benzene rings is 1. The van der Waals surface area contributed by atoms with Gasteiger partial charge in [0.2, 0.25) is 0 Å². The van der Waals surface area contributed by atoms with Crippen molar-refractivity contribution < 1.29 is 9.21 Å². The van der Waals surface area contributed by atoms with Crippen molar-refractivity contribution in [3.8, 4) is 11.3 Å². The fraction of sp³-hybridized carbons (Fsp3) is 0.278. The zero-order chi connectivity index (χ0) is 15.8. The molecule has 0 bridgehead atoms. The second-order valence-electron chi connectivity index (χ2n) is 6.04. The van der Waals surface area contributed by atoms with Crippen LogP contribution in [0.5, 0.6) is 0 Å². The van der Waals surface area contributed by atoms with Crippen LogP contribution in [0.1, 0.15) is 18.7 Å². The van der Waals surface area contributed by atoms with Gasteiger partial charge in [0.1, 0.15) is 6.29 Å². The molecule has 2 heterocycles. The maximum atomic E-state index is 10.8. The third-order valence-corrected chi connectivity index (χ3v) is 4.42. The molecule has 1 N–H and O–H groups in total. The number of aryl methyl sites for hydroxylation is 1. The second-order valence-corrected chi connectivity index (χ2v) is 6.04. The Hall–Kier alpha value is -2.69. The molecule has 0 amide bonds. The molecule has 0 saturated heterocycles. The zero-order valence-electron chi connectivity index (χ0n) is 12.8. The van der Waals surface area contributed by atoms with Crippen molar-refractivity contribution in [3.05, 3.63) is 42.7 Å². The molecule has 0 radical (unpaired) electrons. The van der Waals surface area contributed by atoms with E-state index in [-0.39, 0.29) is 5.92 Å². The minimum Gasteiger partial charge on any atom is -0.441 e. The number of anilines is 1.